The predicted octanol–water partition coefficient (Wildman–Crippen LogP) is 4.01. The summed E-state index contributed by atoms with van der Waals surface area (Å²) < 4.78 is 16.1. The topological polar surface area (TPSA) is 89.9 Å². The lowest BCUT2D eigenvalue weighted by atomic mass is 10.1. The van der Waals surface area contributed by atoms with Crippen molar-refractivity contribution in [2.75, 3.05) is 26.6 Å². The van der Waals surface area contributed by atoms with Crippen LogP contribution in [0.15, 0.2) is 36.4 Å². The summed E-state index contributed by atoms with van der Waals surface area (Å²) in [6.07, 6.45) is 0. The summed E-state index contributed by atoms with van der Waals surface area (Å²) in [4.78, 5) is 15.7. The van der Waals surface area contributed by atoms with Crippen molar-refractivity contribution in [1.29, 1.82) is 0 Å². The number of aromatic carboxylic acids is 1. The molecular weight excluding hydrogens is 348 g/mol. The number of benzene rings is 2. The van der Waals surface area contributed by atoms with Crippen LogP contribution >= 0.6 is 0 Å². The maximum absolute atomic E-state index is 11.5. The molecule has 7 heteroatoms. The molecule has 0 saturated heterocycles. The van der Waals surface area contributed by atoms with Gasteiger partial charge in [-0.2, -0.15) is 0 Å². The van der Waals surface area contributed by atoms with Crippen LogP contribution in [0.4, 0.5) is 11.4 Å². The molecule has 0 atom stereocenters. The summed E-state index contributed by atoms with van der Waals surface area (Å²) in [5.74, 6) is 0.373. The van der Waals surface area contributed by atoms with Crippen molar-refractivity contribution in [2.24, 2.45) is 0 Å². The van der Waals surface area contributed by atoms with Gasteiger partial charge in [-0.25, -0.2) is 9.78 Å². The molecule has 0 amide bonds. The summed E-state index contributed by atoms with van der Waals surface area (Å²) in [6, 6.07) is 10.7. The van der Waals surface area contributed by atoms with E-state index in [4.69, 9.17) is 14.2 Å². The zero-order chi connectivity index (χ0) is 19.6. The third kappa shape index (κ3) is 3.57. The molecule has 0 aliphatic rings. The van der Waals surface area contributed by atoms with Crippen molar-refractivity contribution in [3.05, 3.63) is 47.7 Å². The van der Waals surface area contributed by atoms with E-state index in [0.29, 0.717) is 34.1 Å². The zero-order valence-electron chi connectivity index (χ0n) is 15.5. The quantitative estimate of drug-likeness (QED) is 0.679. The lowest BCUT2D eigenvalue weighted by Crippen LogP contribution is -2.03. The van der Waals surface area contributed by atoms with Crippen molar-refractivity contribution < 1.29 is 24.1 Å². The Morgan fingerprint density at radius 2 is 1.67 bits per heavy atom. The van der Waals surface area contributed by atoms with Crippen molar-refractivity contribution in [3.8, 4) is 17.2 Å². The van der Waals surface area contributed by atoms with E-state index in [1.165, 1.54) is 27.4 Å². The van der Waals surface area contributed by atoms with Crippen molar-refractivity contribution in [3.63, 3.8) is 0 Å². The monoisotopic (exact) mass is 368 g/mol. The molecule has 1 heterocycles. The normalized spacial score (nSPS) is 10.5. The van der Waals surface area contributed by atoms with Gasteiger partial charge in [0.15, 0.2) is 17.2 Å². The highest BCUT2D eigenvalue weighted by Gasteiger charge is 2.16. The highest BCUT2D eigenvalue weighted by atomic mass is 16.5. The van der Waals surface area contributed by atoms with Crippen LogP contribution < -0.4 is 19.5 Å². The maximum atomic E-state index is 11.5. The number of hydrogen-bond acceptors (Lipinski definition) is 6. The number of pyridine rings is 1. The van der Waals surface area contributed by atoms with E-state index in [1.807, 2.05) is 19.1 Å². The van der Waals surface area contributed by atoms with E-state index in [-0.39, 0.29) is 5.69 Å². The SMILES string of the molecule is COc1cc(Nc2cc(C(=O)O)nc3ccc(C)cc23)cc(OC)c1OC. The first-order valence-corrected chi connectivity index (χ1v) is 8.18. The Labute approximate surface area is 156 Å². The molecule has 0 aliphatic heterocycles. The van der Waals surface area contributed by atoms with E-state index in [9.17, 15) is 9.90 Å². The highest BCUT2D eigenvalue weighted by molar-refractivity contribution is 5.98. The van der Waals surface area contributed by atoms with Crippen molar-refractivity contribution >= 4 is 28.2 Å². The molecule has 2 N–H and O–H groups in total. The van der Waals surface area contributed by atoms with Gasteiger partial charge in [0.1, 0.15) is 0 Å². The average molecular weight is 368 g/mol. The lowest BCUT2D eigenvalue weighted by Gasteiger charge is -2.16. The first-order valence-electron chi connectivity index (χ1n) is 8.18. The van der Waals surface area contributed by atoms with Crippen molar-refractivity contribution in [1.82, 2.24) is 4.98 Å². The van der Waals surface area contributed by atoms with E-state index in [1.54, 1.807) is 18.2 Å². The number of fused-ring (bicyclic) bond motifs is 1. The Morgan fingerprint density at radius 1 is 1.00 bits per heavy atom. The fraction of sp³-hybridized carbons (Fsp3) is 0.200. The van der Waals surface area contributed by atoms with Crippen LogP contribution in [0.5, 0.6) is 17.2 Å². The summed E-state index contributed by atoms with van der Waals surface area (Å²) in [7, 11) is 4.61. The molecule has 0 radical (unpaired) electrons. The Kier molecular flexibility index (Phi) is 5.03. The third-order valence-electron chi connectivity index (χ3n) is 4.13. The van der Waals surface area contributed by atoms with Crippen LogP contribution in [0.3, 0.4) is 0 Å². The van der Waals surface area contributed by atoms with Gasteiger partial charge in [-0.3, -0.25) is 0 Å². The van der Waals surface area contributed by atoms with Gasteiger partial charge in [0.25, 0.3) is 0 Å². The van der Waals surface area contributed by atoms with Gasteiger partial charge in [0.2, 0.25) is 5.75 Å². The van der Waals surface area contributed by atoms with E-state index in [0.717, 1.165) is 10.9 Å². The minimum Gasteiger partial charge on any atom is -0.493 e. The zero-order valence-corrected chi connectivity index (χ0v) is 15.5. The molecular formula is C20H20N2O5. The molecule has 1 aromatic heterocycles. The van der Waals surface area contributed by atoms with E-state index in [2.05, 4.69) is 10.3 Å². The summed E-state index contributed by atoms with van der Waals surface area (Å²) in [6.45, 7) is 1.97. The standard InChI is InChI=1S/C20H20N2O5/c1-11-5-6-14-13(7-11)15(10-16(22-14)20(23)24)21-12-8-17(25-2)19(27-4)18(9-12)26-3/h5-10H,1-4H3,(H,21,22)(H,23,24). The van der Waals surface area contributed by atoms with Gasteiger partial charge >= 0.3 is 5.97 Å². The Balaban J connectivity index is 2.16. The van der Waals surface area contributed by atoms with Crippen molar-refractivity contribution in [2.45, 2.75) is 6.92 Å². The Hall–Kier alpha value is -3.48. The number of nitrogens with one attached hydrogen (secondary N) is 1. The molecule has 7 nitrogen and oxygen atoms in total. The molecule has 0 aliphatic carbocycles. The van der Waals surface area contributed by atoms with Gasteiger partial charge in [-0.15, -0.1) is 0 Å². The molecule has 0 fully saturated rings. The first-order chi connectivity index (χ1) is 13.0. The van der Waals surface area contributed by atoms with Crippen LogP contribution in [-0.4, -0.2) is 37.4 Å². The van der Waals surface area contributed by atoms with Crippen LogP contribution in [0.25, 0.3) is 10.9 Å². The second-order valence-electron chi connectivity index (χ2n) is 5.92. The predicted molar refractivity (Wildman–Crippen MR) is 103 cm³/mol. The number of nitrogens with zero attached hydrogens (tertiary/aromatic N) is 1. The molecule has 0 saturated carbocycles. The number of carboxylic acid groups (broad SMARTS) is 1. The van der Waals surface area contributed by atoms with Crippen LogP contribution in [0.2, 0.25) is 0 Å². The second-order valence-corrected chi connectivity index (χ2v) is 5.92. The minimum atomic E-state index is -1.09. The van der Waals surface area contributed by atoms with Gasteiger partial charge in [0.05, 0.1) is 32.5 Å². The average Bonchev–Trinajstić information content (AvgIpc) is 2.67. The number of aromatic nitrogens is 1. The number of carboxylic acids is 1. The molecule has 0 unspecified atom stereocenters. The van der Waals surface area contributed by atoms with E-state index >= 15 is 0 Å². The maximum Gasteiger partial charge on any atom is 0.354 e. The van der Waals surface area contributed by atoms with Crippen LogP contribution in [0, 0.1) is 6.92 Å². The molecule has 140 valence electrons. The molecule has 3 aromatic rings. The number of rotatable bonds is 6. The lowest BCUT2D eigenvalue weighted by molar-refractivity contribution is 0.0691. The number of methoxy groups -OCH3 is 3. The van der Waals surface area contributed by atoms with Gasteiger partial charge < -0.3 is 24.6 Å². The summed E-state index contributed by atoms with van der Waals surface area (Å²) in [5, 5.41) is 13.4. The number of aryl methyl sites for hydroxylation is 1. The number of ether oxygens (including phenoxy) is 3. The summed E-state index contributed by atoms with van der Waals surface area (Å²) in [5.41, 5.74) is 2.88. The summed E-state index contributed by atoms with van der Waals surface area (Å²) >= 11 is 0. The minimum absolute atomic E-state index is 0.0405. The first kappa shape index (κ1) is 18.3. The van der Waals surface area contributed by atoms with Crippen LogP contribution in [0.1, 0.15) is 16.1 Å². The van der Waals surface area contributed by atoms with E-state index < -0.39 is 5.97 Å². The van der Waals surface area contributed by atoms with Gasteiger partial charge in [-0.05, 0) is 25.1 Å². The fourth-order valence-electron chi connectivity index (χ4n) is 2.86. The molecule has 2 aromatic carbocycles. The number of hydrogen-bond donors (Lipinski definition) is 2. The van der Waals surface area contributed by atoms with Crippen LogP contribution in [-0.2, 0) is 0 Å². The van der Waals surface area contributed by atoms with Gasteiger partial charge in [-0.1, -0.05) is 11.6 Å². The number of carbonyl (C=O) groups is 1. The fourth-order valence-corrected chi connectivity index (χ4v) is 2.86. The number of anilines is 2. The van der Waals surface area contributed by atoms with Gasteiger partial charge in [0, 0.05) is 23.2 Å². The molecule has 3 rings (SSSR count). The Bertz CT molecular complexity index is 992. The molecule has 27 heavy (non-hydrogen) atoms. The highest BCUT2D eigenvalue weighted by Crippen LogP contribution is 2.41. The largest absolute Gasteiger partial charge is 0.493 e. The second kappa shape index (κ2) is 7.41. The Morgan fingerprint density at radius 3 is 2.22 bits per heavy atom. The molecule has 0 bridgehead atoms. The third-order valence-corrected chi connectivity index (χ3v) is 4.13. The molecule has 0 spiro atoms. The smallest absolute Gasteiger partial charge is 0.354 e.